The Balaban J connectivity index is 2.64. The van der Waals surface area contributed by atoms with E-state index in [4.69, 9.17) is 11.6 Å². The second kappa shape index (κ2) is 10.2. The lowest BCUT2D eigenvalue weighted by molar-refractivity contribution is -0.137. The van der Waals surface area contributed by atoms with Crippen LogP contribution in [0.25, 0.3) is 5.57 Å². The van der Waals surface area contributed by atoms with Crippen molar-refractivity contribution < 1.29 is 18.7 Å². The average molecular weight is 379 g/mol. The molecule has 138 valence electrons. The number of amides is 1. The van der Waals surface area contributed by atoms with Crippen LogP contribution in [0.3, 0.4) is 0 Å². The minimum atomic E-state index is -0.740. The van der Waals surface area contributed by atoms with Crippen LogP contribution in [0.2, 0.25) is 5.02 Å². The van der Waals surface area contributed by atoms with Crippen LogP contribution < -0.4 is 10.6 Å². The Morgan fingerprint density at radius 2 is 2.00 bits per heavy atom. The first-order valence-corrected chi connectivity index (χ1v) is 7.96. The number of benzene rings is 1. The Bertz CT molecular complexity index is 772. The molecule has 0 heterocycles. The quantitative estimate of drug-likeness (QED) is 0.393. The fourth-order valence-corrected chi connectivity index (χ4v) is 2.16. The molecule has 0 unspecified atom stereocenters. The van der Waals surface area contributed by atoms with Gasteiger partial charge in [-0.2, -0.15) is 0 Å². The maximum Gasteiger partial charge on any atom is 0.353 e. The molecule has 2 N–H and O–H groups in total. The van der Waals surface area contributed by atoms with Crippen LogP contribution in [0.1, 0.15) is 12.0 Å². The van der Waals surface area contributed by atoms with Gasteiger partial charge in [-0.1, -0.05) is 49.6 Å². The minimum Gasteiger partial charge on any atom is -0.464 e. The predicted octanol–water partition coefficient (Wildman–Crippen LogP) is 3.34. The number of allylic oxidation sites excluding steroid dienone is 2. The third-order valence-electron chi connectivity index (χ3n) is 3.31. The molecule has 0 bridgehead atoms. The van der Waals surface area contributed by atoms with E-state index in [-0.39, 0.29) is 16.4 Å². The van der Waals surface area contributed by atoms with Gasteiger partial charge in [0.05, 0.1) is 17.8 Å². The van der Waals surface area contributed by atoms with Gasteiger partial charge in [-0.25, -0.2) is 9.18 Å². The van der Waals surface area contributed by atoms with Crippen molar-refractivity contribution in [3.63, 3.8) is 0 Å². The summed E-state index contributed by atoms with van der Waals surface area (Å²) in [4.78, 5) is 23.1. The number of hydrogen-bond acceptors (Lipinski definition) is 4. The molecule has 0 atom stereocenters. The number of nitrogens with one attached hydrogen (secondary N) is 2. The van der Waals surface area contributed by atoms with Gasteiger partial charge in [0.1, 0.15) is 11.5 Å². The molecule has 26 heavy (non-hydrogen) atoms. The number of ether oxygens (including phenoxy) is 1. The summed E-state index contributed by atoms with van der Waals surface area (Å²) in [5.41, 5.74) is 1.47. The van der Waals surface area contributed by atoms with Crippen molar-refractivity contribution in [3.8, 4) is 0 Å². The summed E-state index contributed by atoms with van der Waals surface area (Å²) in [7, 11) is 1.18. The molecule has 0 aliphatic carbocycles. The van der Waals surface area contributed by atoms with Crippen molar-refractivity contribution >= 4 is 29.1 Å². The van der Waals surface area contributed by atoms with Crippen molar-refractivity contribution in [2.45, 2.75) is 6.42 Å². The first-order valence-electron chi connectivity index (χ1n) is 7.58. The summed E-state index contributed by atoms with van der Waals surface area (Å²) < 4.78 is 17.7. The number of methoxy groups -OCH3 is 1. The largest absolute Gasteiger partial charge is 0.464 e. The number of carbonyl (C=O) groups excluding carboxylic acids is 2. The van der Waals surface area contributed by atoms with Crippen LogP contribution in [0.5, 0.6) is 0 Å². The molecule has 0 aliphatic heterocycles. The lowest BCUT2D eigenvalue weighted by Crippen LogP contribution is -2.33. The number of halogens is 2. The second-order valence-corrected chi connectivity index (χ2v) is 5.54. The normalized spacial score (nSPS) is 10.7. The van der Waals surface area contributed by atoms with Crippen molar-refractivity contribution in [1.29, 1.82) is 0 Å². The summed E-state index contributed by atoms with van der Waals surface area (Å²) in [6.07, 6.45) is 3.87. The van der Waals surface area contributed by atoms with Crippen molar-refractivity contribution in [3.05, 3.63) is 77.9 Å². The zero-order chi connectivity index (χ0) is 19.7. The van der Waals surface area contributed by atoms with Crippen LogP contribution in [0, 0.1) is 5.82 Å². The Morgan fingerprint density at radius 1 is 1.31 bits per heavy atom. The highest BCUT2D eigenvalue weighted by atomic mass is 35.5. The Hall–Kier alpha value is -2.86. The van der Waals surface area contributed by atoms with Gasteiger partial charge in [0.2, 0.25) is 0 Å². The molecule has 5 nitrogen and oxygen atoms in total. The van der Waals surface area contributed by atoms with E-state index in [0.717, 1.165) is 11.1 Å². The average Bonchev–Trinajstić information content (AvgIpc) is 2.62. The highest BCUT2D eigenvalue weighted by Gasteiger charge is 2.13. The van der Waals surface area contributed by atoms with Crippen LogP contribution in [-0.2, 0) is 14.3 Å². The van der Waals surface area contributed by atoms with Crippen LogP contribution in [0.15, 0.2) is 61.5 Å². The van der Waals surface area contributed by atoms with Gasteiger partial charge in [0.25, 0.3) is 5.91 Å². The monoisotopic (exact) mass is 378 g/mol. The van der Waals surface area contributed by atoms with Gasteiger partial charge in [-0.3, -0.25) is 4.79 Å². The first kappa shape index (κ1) is 21.2. The molecular formula is C19H20ClFN2O3. The first-order chi connectivity index (χ1) is 12.3. The SMILES string of the molecule is C=C/C=C(\CCNC(=C)C(=O)NC(=C)C(=O)OC)c1ccc(F)c(Cl)c1. The fraction of sp³-hybridized carbons (Fsp3) is 0.158. The van der Waals surface area contributed by atoms with E-state index < -0.39 is 17.7 Å². The molecular weight excluding hydrogens is 359 g/mol. The topological polar surface area (TPSA) is 67.4 Å². The summed E-state index contributed by atoms with van der Waals surface area (Å²) in [5, 5.41) is 5.15. The Labute approximate surface area is 156 Å². The number of carbonyl (C=O) groups is 2. The predicted molar refractivity (Wildman–Crippen MR) is 101 cm³/mol. The second-order valence-electron chi connectivity index (χ2n) is 5.14. The van der Waals surface area contributed by atoms with Crippen molar-refractivity contribution in [1.82, 2.24) is 10.6 Å². The molecule has 7 heteroatoms. The van der Waals surface area contributed by atoms with E-state index in [9.17, 15) is 14.0 Å². The standard InChI is InChI=1S/C19H20ClFN2O3/c1-5-6-14(15-7-8-17(21)16(20)11-15)9-10-22-12(2)18(24)23-13(3)19(25)26-4/h5-8,11,22H,1-3,9-10H2,4H3,(H,23,24)/b14-6+. The molecule has 0 saturated heterocycles. The van der Waals surface area contributed by atoms with E-state index in [1.54, 1.807) is 18.2 Å². The van der Waals surface area contributed by atoms with Crippen molar-refractivity contribution in [2.24, 2.45) is 0 Å². The third kappa shape index (κ3) is 6.22. The highest BCUT2D eigenvalue weighted by molar-refractivity contribution is 6.30. The summed E-state index contributed by atoms with van der Waals surface area (Å²) in [5.74, 6) is -1.84. The third-order valence-corrected chi connectivity index (χ3v) is 3.60. The van der Waals surface area contributed by atoms with Crippen LogP contribution in [-0.4, -0.2) is 25.5 Å². The molecule has 0 aliphatic rings. The summed E-state index contributed by atoms with van der Waals surface area (Å²) in [6.45, 7) is 11.0. The lowest BCUT2D eigenvalue weighted by atomic mass is 10.0. The van der Waals surface area contributed by atoms with E-state index in [1.165, 1.54) is 19.2 Å². The van der Waals surface area contributed by atoms with Gasteiger partial charge in [-0.05, 0) is 29.7 Å². The Kier molecular flexibility index (Phi) is 8.31. The molecule has 0 fully saturated rings. The number of rotatable bonds is 9. The molecule has 1 rings (SSSR count). The van der Waals surface area contributed by atoms with Gasteiger partial charge < -0.3 is 15.4 Å². The minimum absolute atomic E-state index is 0.0236. The number of esters is 1. The van der Waals surface area contributed by atoms with Crippen LogP contribution >= 0.6 is 11.6 Å². The summed E-state index contributed by atoms with van der Waals surface area (Å²) in [6, 6.07) is 4.42. The smallest absolute Gasteiger partial charge is 0.353 e. The number of hydrogen-bond donors (Lipinski definition) is 2. The van der Waals surface area contributed by atoms with Gasteiger partial charge in [0.15, 0.2) is 0 Å². The molecule has 1 amide bonds. The lowest BCUT2D eigenvalue weighted by Gasteiger charge is -2.12. The van der Waals surface area contributed by atoms with Crippen molar-refractivity contribution in [2.75, 3.05) is 13.7 Å². The zero-order valence-electron chi connectivity index (χ0n) is 14.4. The molecule has 0 spiro atoms. The van der Waals surface area contributed by atoms with E-state index in [0.29, 0.717) is 13.0 Å². The molecule has 1 aromatic carbocycles. The molecule has 0 saturated carbocycles. The van der Waals surface area contributed by atoms with E-state index >= 15 is 0 Å². The van der Waals surface area contributed by atoms with Gasteiger partial charge in [0, 0.05) is 6.54 Å². The van der Waals surface area contributed by atoms with Gasteiger partial charge >= 0.3 is 5.97 Å². The maximum atomic E-state index is 13.3. The highest BCUT2D eigenvalue weighted by Crippen LogP contribution is 2.23. The van der Waals surface area contributed by atoms with Crippen LogP contribution in [0.4, 0.5) is 4.39 Å². The Morgan fingerprint density at radius 3 is 2.58 bits per heavy atom. The molecule has 0 aromatic heterocycles. The maximum absolute atomic E-state index is 13.3. The zero-order valence-corrected chi connectivity index (χ0v) is 15.2. The molecule has 1 aromatic rings. The van der Waals surface area contributed by atoms with E-state index in [2.05, 4.69) is 35.1 Å². The molecule has 0 radical (unpaired) electrons. The summed E-state index contributed by atoms with van der Waals surface area (Å²) >= 11 is 5.81. The fourth-order valence-electron chi connectivity index (χ4n) is 1.98. The van der Waals surface area contributed by atoms with E-state index in [1.807, 2.05) is 0 Å². The van der Waals surface area contributed by atoms with Gasteiger partial charge in [-0.15, -0.1) is 0 Å².